The predicted molar refractivity (Wildman–Crippen MR) is 151 cm³/mol. The van der Waals surface area contributed by atoms with Gasteiger partial charge in [0, 0.05) is 59.6 Å². The van der Waals surface area contributed by atoms with E-state index in [2.05, 4.69) is 10.2 Å². The number of benzene rings is 3. The van der Waals surface area contributed by atoms with E-state index in [1.165, 1.54) is 0 Å². The number of aliphatic hydroxyl groups is 1. The summed E-state index contributed by atoms with van der Waals surface area (Å²) in [5.41, 5.74) is 9.67. The van der Waals surface area contributed by atoms with Gasteiger partial charge in [-0.2, -0.15) is 0 Å². The molecule has 0 aliphatic carbocycles. The van der Waals surface area contributed by atoms with Gasteiger partial charge in [0.05, 0.1) is 0 Å². The molecule has 1 aromatic heterocycles. The summed E-state index contributed by atoms with van der Waals surface area (Å²) < 4.78 is 1.67. The monoisotopic (exact) mass is 522 g/mol. The molecule has 1 aliphatic rings. The summed E-state index contributed by atoms with van der Waals surface area (Å²) >= 11 is 0. The van der Waals surface area contributed by atoms with Crippen LogP contribution in [0, 0.1) is 5.92 Å². The van der Waals surface area contributed by atoms with Crippen LogP contribution in [0.1, 0.15) is 49.6 Å². The fourth-order valence-electron chi connectivity index (χ4n) is 4.93. The number of rotatable bonds is 8. The van der Waals surface area contributed by atoms with Crippen LogP contribution in [0.5, 0.6) is 0 Å². The molecule has 5 rings (SSSR count). The first-order chi connectivity index (χ1) is 18.9. The molecule has 1 atom stereocenters. The van der Waals surface area contributed by atoms with E-state index in [1.807, 2.05) is 12.1 Å². The molecule has 0 saturated carbocycles. The highest BCUT2D eigenvalue weighted by Crippen LogP contribution is 2.24. The molecule has 0 radical (unpaired) electrons. The summed E-state index contributed by atoms with van der Waals surface area (Å²) in [4.78, 5) is 39.6. The molecular weight excluding hydrogens is 492 g/mol. The second-order valence-corrected chi connectivity index (χ2v) is 9.72. The van der Waals surface area contributed by atoms with E-state index < -0.39 is 5.91 Å². The molecule has 8 nitrogen and oxygen atoms in total. The van der Waals surface area contributed by atoms with Gasteiger partial charge in [0.1, 0.15) is 5.69 Å². The predicted octanol–water partition coefficient (Wildman–Crippen LogP) is 4.27. The van der Waals surface area contributed by atoms with Crippen molar-refractivity contribution in [2.24, 2.45) is 11.7 Å². The minimum Gasteiger partial charge on any atom is -0.396 e. The fraction of sp³-hybridized carbons (Fsp3) is 0.194. The Morgan fingerprint density at radius 2 is 1.46 bits per heavy atom. The third-order valence-electron chi connectivity index (χ3n) is 7.09. The molecule has 4 aromatic rings. The van der Waals surface area contributed by atoms with Gasteiger partial charge in [0.25, 0.3) is 11.8 Å². The van der Waals surface area contributed by atoms with Gasteiger partial charge >= 0.3 is 0 Å². The Morgan fingerprint density at radius 3 is 2.10 bits per heavy atom. The second kappa shape index (κ2) is 11.4. The van der Waals surface area contributed by atoms with Gasteiger partial charge < -0.3 is 25.6 Å². The number of nitrogens with two attached hydrogens (primary N) is 1. The van der Waals surface area contributed by atoms with Crippen molar-refractivity contribution < 1.29 is 19.5 Å². The smallest absolute Gasteiger partial charge is 0.265 e. The number of ketones is 1. The first kappa shape index (κ1) is 25.9. The second-order valence-electron chi connectivity index (χ2n) is 9.72. The zero-order valence-corrected chi connectivity index (χ0v) is 21.4. The normalized spacial score (nSPS) is 15.1. The highest BCUT2D eigenvalue weighted by molar-refractivity contribution is 6.09. The summed E-state index contributed by atoms with van der Waals surface area (Å²) in [6.07, 6.45) is 3.82. The Balaban J connectivity index is 1.21. The summed E-state index contributed by atoms with van der Waals surface area (Å²) in [6.45, 7) is 1.96. The lowest BCUT2D eigenvalue weighted by atomic mass is 9.98. The number of hydrogen-bond donors (Lipinski definition) is 3. The molecule has 0 bridgehead atoms. The van der Waals surface area contributed by atoms with Crippen LogP contribution >= 0.6 is 0 Å². The van der Waals surface area contributed by atoms with E-state index in [9.17, 15) is 19.5 Å². The van der Waals surface area contributed by atoms with Crippen molar-refractivity contribution in [1.29, 1.82) is 0 Å². The molecule has 1 unspecified atom stereocenters. The quantitative estimate of drug-likeness (QED) is 0.299. The molecule has 1 saturated heterocycles. The Kier molecular flexibility index (Phi) is 7.56. The van der Waals surface area contributed by atoms with Crippen LogP contribution in [0.25, 0.3) is 5.69 Å². The van der Waals surface area contributed by atoms with Crippen LogP contribution in [0.3, 0.4) is 0 Å². The number of anilines is 2. The molecule has 1 aliphatic heterocycles. The zero-order valence-electron chi connectivity index (χ0n) is 21.4. The molecular formula is C31H30N4O4. The Labute approximate surface area is 226 Å². The standard InChI is InChI=1S/C31H30N4O4/c32-30(38)28-4-2-18-35(28)27-15-7-23(8-16-27)29(37)22-5-11-25(12-6-22)33-31(39)24-9-13-26(14-10-24)34-17-1-3-21(19-34)20-36/h2,4-16,18,21,36H,1,3,17,19-20H2,(H2,32,38)(H,33,39). The zero-order chi connectivity index (χ0) is 27.4. The lowest BCUT2D eigenvalue weighted by Crippen LogP contribution is -2.36. The average Bonchev–Trinajstić information content (AvgIpc) is 3.48. The number of hydrogen-bond acceptors (Lipinski definition) is 5. The number of primary amides is 1. The molecule has 198 valence electrons. The number of carbonyl (C=O) groups is 3. The molecule has 39 heavy (non-hydrogen) atoms. The van der Waals surface area contributed by atoms with Crippen LogP contribution < -0.4 is 16.0 Å². The number of carbonyl (C=O) groups excluding carboxylic acids is 3. The maximum atomic E-state index is 13.0. The third-order valence-corrected chi connectivity index (χ3v) is 7.09. The third kappa shape index (κ3) is 5.76. The van der Waals surface area contributed by atoms with Gasteiger partial charge in [0.15, 0.2) is 5.78 Å². The summed E-state index contributed by atoms with van der Waals surface area (Å²) in [6, 6.07) is 24.5. The van der Waals surface area contributed by atoms with Crippen molar-refractivity contribution in [3.8, 4) is 5.69 Å². The van der Waals surface area contributed by atoms with E-state index in [4.69, 9.17) is 5.73 Å². The summed E-state index contributed by atoms with van der Waals surface area (Å²) in [5.74, 6) is -0.627. The number of nitrogens with one attached hydrogen (secondary N) is 1. The summed E-state index contributed by atoms with van der Waals surface area (Å²) in [5, 5.41) is 12.4. The minimum atomic E-state index is -0.529. The van der Waals surface area contributed by atoms with E-state index in [-0.39, 0.29) is 24.2 Å². The van der Waals surface area contributed by atoms with Crippen LogP contribution in [0.2, 0.25) is 0 Å². The Morgan fingerprint density at radius 1 is 0.846 bits per heavy atom. The lowest BCUT2D eigenvalue weighted by molar-refractivity contribution is 0.0990. The Bertz CT molecular complexity index is 1470. The van der Waals surface area contributed by atoms with Crippen molar-refractivity contribution in [2.75, 3.05) is 29.9 Å². The minimum absolute atomic E-state index is 0.154. The first-order valence-electron chi connectivity index (χ1n) is 12.9. The van der Waals surface area contributed by atoms with Gasteiger partial charge in [-0.15, -0.1) is 0 Å². The summed E-state index contributed by atoms with van der Waals surface area (Å²) in [7, 11) is 0. The van der Waals surface area contributed by atoms with Crippen molar-refractivity contribution in [3.63, 3.8) is 0 Å². The van der Waals surface area contributed by atoms with Gasteiger partial charge in [-0.05, 0) is 104 Å². The van der Waals surface area contributed by atoms with E-state index in [1.54, 1.807) is 83.6 Å². The number of amides is 2. The van der Waals surface area contributed by atoms with Crippen molar-refractivity contribution >= 4 is 29.0 Å². The van der Waals surface area contributed by atoms with E-state index >= 15 is 0 Å². The number of aromatic nitrogens is 1. The molecule has 2 amide bonds. The van der Waals surface area contributed by atoms with Crippen LogP contribution in [0.4, 0.5) is 11.4 Å². The van der Waals surface area contributed by atoms with E-state index in [0.717, 1.165) is 37.3 Å². The van der Waals surface area contributed by atoms with Crippen LogP contribution in [-0.4, -0.2) is 47.0 Å². The molecule has 0 spiro atoms. The highest BCUT2D eigenvalue weighted by atomic mass is 16.3. The largest absolute Gasteiger partial charge is 0.396 e. The van der Waals surface area contributed by atoms with Crippen LogP contribution in [-0.2, 0) is 0 Å². The topological polar surface area (TPSA) is 118 Å². The maximum absolute atomic E-state index is 13.0. The molecule has 8 heteroatoms. The molecule has 3 aromatic carbocycles. The Hall–Kier alpha value is -4.69. The van der Waals surface area contributed by atoms with Crippen molar-refractivity contribution in [1.82, 2.24) is 4.57 Å². The maximum Gasteiger partial charge on any atom is 0.265 e. The van der Waals surface area contributed by atoms with Crippen LogP contribution in [0.15, 0.2) is 91.1 Å². The fourth-order valence-corrected chi connectivity index (χ4v) is 4.93. The number of aliphatic hydroxyl groups excluding tert-OH is 1. The molecule has 2 heterocycles. The first-order valence-corrected chi connectivity index (χ1v) is 12.9. The molecule has 1 fully saturated rings. The SMILES string of the molecule is NC(=O)c1cccn1-c1ccc(C(=O)c2ccc(NC(=O)c3ccc(N4CCCC(CO)C4)cc3)cc2)cc1. The van der Waals surface area contributed by atoms with Gasteiger partial charge in [0.2, 0.25) is 0 Å². The van der Waals surface area contributed by atoms with Crippen molar-refractivity contribution in [2.45, 2.75) is 12.8 Å². The lowest BCUT2D eigenvalue weighted by Gasteiger charge is -2.33. The van der Waals surface area contributed by atoms with E-state index in [0.29, 0.717) is 28.1 Å². The van der Waals surface area contributed by atoms with Crippen molar-refractivity contribution in [3.05, 3.63) is 114 Å². The highest BCUT2D eigenvalue weighted by Gasteiger charge is 2.20. The number of piperidine rings is 1. The van der Waals surface area contributed by atoms with Gasteiger partial charge in [-0.1, -0.05) is 0 Å². The van der Waals surface area contributed by atoms with Gasteiger partial charge in [-0.3, -0.25) is 14.4 Å². The molecule has 4 N–H and O–H groups in total. The van der Waals surface area contributed by atoms with Gasteiger partial charge in [-0.25, -0.2) is 0 Å². The average molecular weight is 523 g/mol. The number of nitrogens with zero attached hydrogens (tertiary/aromatic N) is 2.